The molecule has 2 rings (SSSR count). The summed E-state index contributed by atoms with van der Waals surface area (Å²) < 4.78 is 10.2. The van der Waals surface area contributed by atoms with E-state index in [9.17, 15) is 4.79 Å². The highest BCUT2D eigenvalue weighted by molar-refractivity contribution is 5.93. The predicted octanol–water partition coefficient (Wildman–Crippen LogP) is 3.08. The molecule has 0 radical (unpaired) electrons. The molecule has 1 atom stereocenters. The Morgan fingerprint density at radius 2 is 1.86 bits per heavy atom. The Balaban J connectivity index is 1.98. The zero-order valence-electron chi connectivity index (χ0n) is 13.5. The van der Waals surface area contributed by atoms with Crippen molar-refractivity contribution in [1.29, 1.82) is 0 Å². The van der Waals surface area contributed by atoms with Crippen LogP contribution in [0.2, 0.25) is 0 Å². The summed E-state index contributed by atoms with van der Waals surface area (Å²) in [6, 6.07) is 7.75. The van der Waals surface area contributed by atoms with E-state index >= 15 is 0 Å². The first-order valence-corrected chi connectivity index (χ1v) is 7.14. The monoisotopic (exact) mass is 303 g/mol. The second-order valence-electron chi connectivity index (χ2n) is 6.22. The minimum absolute atomic E-state index is 0.0823. The van der Waals surface area contributed by atoms with Gasteiger partial charge in [-0.25, -0.2) is 4.63 Å². The highest BCUT2D eigenvalue weighted by atomic mass is 16.6. The van der Waals surface area contributed by atoms with Crippen LogP contribution in [-0.4, -0.2) is 22.3 Å². The van der Waals surface area contributed by atoms with Crippen LogP contribution in [0.4, 0.5) is 5.82 Å². The van der Waals surface area contributed by atoms with Crippen LogP contribution in [0, 0.1) is 6.92 Å². The summed E-state index contributed by atoms with van der Waals surface area (Å²) in [6.45, 7) is 9.81. The second-order valence-corrected chi connectivity index (χ2v) is 6.22. The number of nitrogens with one attached hydrogen (secondary N) is 1. The molecule has 1 heterocycles. The highest BCUT2D eigenvalue weighted by Crippen LogP contribution is 2.24. The van der Waals surface area contributed by atoms with Crippen LogP contribution in [0.1, 0.15) is 39.0 Å². The Morgan fingerprint density at radius 1 is 1.23 bits per heavy atom. The SMILES string of the molecule is Cc1nonc1NC(=O)[C@@H](C)Oc1ccc(C(C)(C)C)cc1. The number of aryl methyl sites for hydroxylation is 1. The molecule has 0 aliphatic heterocycles. The standard InChI is InChI=1S/C16H21N3O3/c1-10-14(19-22-18-10)17-15(20)11(2)21-13-8-6-12(7-9-13)16(3,4)5/h6-9,11H,1-5H3,(H,17,19,20)/t11-/m1/s1. The van der Waals surface area contributed by atoms with Crippen molar-refractivity contribution in [2.24, 2.45) is 0 Å². The van der Waals surface area contributed by atoms with E-state index in [4.69, 9.17) is 4.74 Å². The van der Waals surface area contributed by atoms with Crippen molar-refractivity contribution in [3.63, 3.8) is 0 Å². The Kier molecular flexibility index (Phi) is 4.49. The molecular weight excluding hydrogens is 282 g/mol. The predicted molar refractivity (Wildman–Crippen MR) is 82.9 cm³/mol. The van der Waals surface area contributed by atoms with Gasteiger partial charge in [0.15, 0.2) is 11.9 Å². The molecule has 0 aliphatic rings. The fourth-order valence-corrected chi connectivity index (χ4v) is 1.85. The van der Waals surface area contributed by atoms with Crippen LogP contribution < -0.4 is 10.1 Å². The summed E-state index contributed by atoms with van der Waals surface area (Å²) in [7, 11) is 0. The van der Waals surface area contributed by atoms with Gasteiger partial charge in [0.1, 0.15) is 11.4 Å². The lowest BCUT2D eigenvalue weighted by Crippen LogP contribution is -2.30. The first-order chi connectivity index (χ1) is 10.3. The molecular formula is C16H21N3O3. The van der Waals surface area contributed by atoms with Crippen molar-refractivity contribution < 1.29 is 14.2 Å². The molecule has 0 spiro atoms. The number of aromatic nitrogens is 2. The van der Waals surface area contributed by atoms with E-state index < -0.39 is 6.10 Å². The molecule has 0 fully saturated rings. The minimum Gasteiger partial charge on any atom is -0.481 e. The molecule has 1 aromatic heterocycles. The van der Waals surface area contributed by atoms with Crippen LogP contribution in [0.5, 0.6) is 5.75 Å². The molecule has 118 valence electrons. The maximum Gasteiger partial charge on any atom is 0.266 e. The summed E-state index contributed by atoms with van der Waals surface area (Å²) in [6.07, 6.45) is -0.656. The molecule has 6 nitrogen and oxygen atoms in total. The summed E-state index contributed by atoms with van der Waals surface area (Å²) in [4.78, 5) is 12.0. The number of rotatable bonds is 4. The quantitative estimate of drug-likeness (QED) is 0.939. The van der Waals surface area contributed by atoms with E-state index in [-0.39, 0.29) is 11.3 Å². The fraction of sp³-hybridized carbons (Fsp3) is 0.438. The van der Waals surface area contributed by atoms with Gasteiger partial charge in [-0.05, 0) is 42.1 Å². The zero-order valence-corrected chi connectivity index (χ0v) is 13.5. The molecule has 22 heavy (non-hydrogen) atoms. The van der Waals surface area contributed by atoms with Crippen LogP contribution in [0.25, 0.3) is 0 Å². The Hall–Kier alpha value is -2.37. The number of amides is 1. The van der Waals surface area contributed by atoms with Gasteiger partial charge in [-0.2, -0.15) is 0 Å². The van der Waals surface area contributed by atoms with Crippen molar-refractivity contribution in [2.75, 3.05) is 5.32 Å². The summed E-state index contributed by atoms with van der Waals surface area (Å²) in [5.74, 6) is 0.646. The van der Waals surface area contributed by atoms with Crippen LogP contribution in [0.15, 0.2) is 28.9 Å². The first-order valence-electron chi connectivity index (χ1n) is 7.14. The van der Waals surface area contributed by atoms with Crippen molar-refractivity contribution in [3.8, 4) is 5.75 Å². The smallest absolute Gasteiger partial charge is 0.266 e. The number of hydrogen-bond donors (Lipinski definition) is 1. The fourth-order valence-electron chi connectivity index (χ4n) is 1.85. The highest BCUT2D eigenvalue weighted by Gasteiger charge is 2.18. The number of ether oxygens (including phenoxy) is 1. The van der Waals surface area contributed by atoms with E-state index in [2.05, 4.69) is 41.0 Å². The molecule has 6 heteroatoms. The molecule has 0 bridgehead atoms. The molecule has 1 amide bonds. The van der Waals surface area contributed by atoms with E-state index in [1.807, 2.05) is 24.3 Å². The third-order valence-corrected chi connectivity index (χ3v) is 3.30. The van der Waals surface area contributed by atoms with Gasteiger partial charge in [0.05, 0.1) is 0 Å². The molecule has 0 aliphatic carbocycles. The zero-order chi connectivity index (χ0) is 16.3. The lowest BCUT2D eigenvalue weighted by atomic mass is 9.87. The third-order valence-electron chi connectivity index (χ3n) is 3.30. The molecule has 1 aromatic carbocycles. The summed E-state index contributed by atoms with van der Waals surface area (Å²) >= 11 is 0. The average molecular weight is 303 g/mol. The van der Waals surface area contributed by atoms with Crippen LogP contribution in [-0.2, 0) is 10.2 Å². The topological polar surface area (TPSA) is 77.3 Å². The van der Waals surface area contributed by atoms with Gasteiger partial charge in [-0.1, -0.05) is 38.1 Å². The van der Waals surface area contributed by atoms with Gasteiger partial charge in [0, 0.05) is 0 Å². The molecule has 0 saturated heterocycles. The maximum atomic E-state index is 12.0. The first kappa shape index (κ1) is 16.0. The summed E-state index contributed by atoms with van der Waals surface area (Å²) in [5.41, 5.74) is 1.82. The van der Waals surface area contributed by atoms with Crippen molar-refractivity contribution >= 4 is 11.7 Å². The number of carbonyl (C=O) groups excluding carboxylic acids is 1. The number of carbonyl (C=O) groups is 1. The molecule has 2 aromatic rings. The van der Waals surface area contributed by atoms with Crippen LogP contribution >= 0.6 is 0 Å². The van der Waals surface area contributed by atoms with Crippen molar-refractivity contribution in [3.05, 3.63) is 35.5 Å². The Morgan fingerprint density at radius 3 is 2.36 bits per heavy atom. The number of benzene rings is 1. The molecule has 1 N–H and O–H groups in total. The van der Waals surface area contributed by atoms with Gasteiger partial charge in [0.2, 0.25) is 0 Å². The van der Waals surface area contributed by atoms with Gasteiger partial charge < -0.3 is 10.1 Å². The second kappa shape index (κ2) is 6.17. The number of hydrogen-bond acceptors (Lipinski definition) is 5. The summed E-state index contributed by atoms with van der Waals surface area (Å²) in [5, 5.41) is 9.83. The minimum atomic E-state index is -0.656. The lowest BCUT2D eigenvalue weighted by Gasteiger charge is -2.20. The average Bonchev–Trinajstić information content (AvgIpc) is 2.84. The van der Waals surface area contributed by atoms with Gasteiger partial charge in [-0.15, -0.1) is 0 Å². The van der Waals surface area contributed by atoms with Crippen molar-refractivity contribution in [2.45, 2.75) is 46.1 Å². The Labute approximate surface area is 129 Å². The Bertz CT molecular complexity index is 641. The number of anilines is 1. The molecule has 0 saturated carbocycles. The van der Waals surface area contributed by atoms with Gasteiger partial charge >= 0.3 is 0 Å². The maximum absolute atomic E-state index is 12.0. The largest absolute Gasteiger partial charge is 0.481 e. The normalized spacial score (nSPS) is 12.8. The van der Waals surface area contributed by atoms with Gasteiger partial charge in [0.25, 0.3) is 5.91 Å². The van der Waals surface area contributed by atoms with E-state index in [1.165, 1.54) is 5.56 Å². The van der Waals surface area contributed by atoms with E-state index in [0.717, 1.165) is 0 Å². The van der Waals surface area contributed by atoms with Crippen molar-refractivity contribution in [1.82, 2.24) is 10.3 Å². The van der Waals surface area contributed by atoms with E-state index in [1.54, 1.807) is 13.8 Å². The third kappa shape index (κ3) is 3.84. The van der Waals surface area contributed by atoms with Gasteiger partial charge in [-0.3, -0.25) is 4.79 Å². The lowest BCUT2D eigenvalue weighted by molar-refractivity contribution is -0.122. The molecule has 0 unspecified atom stereocenters. The van der Waals surface area contributed by atoms with E-state index in [0.29, 0.717) is 17.3 Å². The number of nitrogens with zero attached hydrogens (tertiary/aromatic N) is 2. The van der Waals surface area contributed by atoms with Crippen LogP contribution in [0.3, 0.4) is 0 Å².